The second kappa shape index (κ2) is 8.66. The first-order chi connectivity index (χ1) is 12.6. The zero-order chi connectivity index (χ0) is 20.2. The lowest BCUT2D eigenvalue weighted by Gasteiger charge is -2.21. The van der Waals surface area contributed by atoms with Crippen molar-refractivity contribution in [3.63, 3.8) is 0 Å². The number of aromatic nitrogens is 1. The number of ether oxygens (including phenoxy) is 2. The Morgan fingerprint density at radius 2 is 2.04 bits per heavy atom. The van der Waals surface area contributed by atoms with Gasteiger partial charge < -0.3 is 25.0 Å². The van der Waals surface area contributed by atoms with E-state index >= 15 is 0 Å². The first kappa shape index (κ1) is 21.1. The van der Waals surface area contributed by atoms with Crippen LogP contribution in [0.3, 0.4) is 0 Å². The minimum Gasteiger partial charge on any atom is -0.467 e. The number of likely N-dealkylation sites (N-methyl/N-ethyl adjacent to an activating group) is 1. The first-order valence-electron chi connectivity index (χ1n) is 8.61. The molecule has 1 aliphatic rings. The van der Waals surface area contributed by atoms with Gasteiger partial charge in [-0.3, -0.25) is 4.79 Å². The van der Waals surface area contributed by atoms with E-state index in [1.165, 1.54) is 18.4 Å². The molecule has 1 aliphatic heterocycles. The number of fused-ring (bicyclic) bond motifs is 1. The highest BCUT2D eigenvalue weighted by Gasteiger charge is 2.27. The van der Waals surface area contributed by atoms with Crippen molar-refractivity contribution in [1.29, 1.82) is 0 Å². The minimum atomic E-state index is -1.04. The molecule has 9 nitrogen and oxygen atoms in total. The highest BCUT2D eigenvalue weighted by Crippen LogP contribution is 2.24. The van der Waals surface area contributed by atoms with E-state index in [2.05, 4.69) is 20.5 Å². The number of amides is 2. The van der Waals surface area contributed by atoms with Gasteiger partial charge in [0.2, 0.25) is 0 Å². The smallest absolute Gasteiger partial charge is 0.407 e. The summed E-state index contributed by atoms with van der Waals surface area (Å²) in [6.45, 7) is 6.68. The van der Waals surface area contributed by atoms with Crippen LogP contribution >= 0.6 is 11.3 Å². The van der Waals surface area contributed by atoms with E-state index < -0.39 is 29.6 Å². The summed E-state index contributed by atoms with van der Waals surface area (Å²) < 4.78 is 9.83. The monoisotopic (exact) mass is 398 g/mol. The van der Waals surface area contributed by atoms with Gasteiger partial charge in [-0.05, 0) is 27.8 Å². The van der Waals surface area contributed by atoms with E-state index in [1.54, 1.807) is 20.8 Å². The number of hydrogen-bond acceptors (Lipinski definition) is 8. The molecule has 0 saturated carbocycles. The second-order valence-electron chi connectivity index (χ2n) is 7.31. The number of rotatable bonds is 5. The molecule has 27 heavy (non-hydrogen) atoms. The fourth-order valence-corrected chi connectivity index (χ4v) is 3.57. The molecule has 0 saturated heterocycles. The molecule has 1 aromatic rings. The summed E-state index contributed by atoms with van der Waals surface area (Å²) in [6, 6.07) is -1.04. The minimum absolute atomic E-state index is 0.152. The van der Waals surface area contributed by atoms with Crippen LogP contribution in [-0.4, -0.2) is 66.7 Å². The van der Waals surface area contributed by atoms with Crippen molar-refractivity contribution in [3.05, 3.63) is 15.6 Å². The average molecular weight is 398 g/mol. The van der Waals surface area contributed by atoms with Gasteiger partial charge in [-0.1, -0.05) is 0 Å². The predicted octanol–water partition coefficient (Wildman–Crippen LogP) is 0.927. The largest absolute Gasteiger partial charge is 0.467 e. The van der Waals surface area contributed by atoms with E-state index in [0.29, 0.717) is 5.01 Å². The number of nitrogens with zero attached hydrogens (tertiary/aromatic N) is 2. The van der Waals surface area contributed by atoms with E-state index in [-0.39, 0.29) is 6.54 Å². The molecular formula is C17H26N4O5S. The van der Waals surface area contributed by atoms with Crippen LogP contribution in [0.25, 0.3) is 0 Å². The number of hydrogen-bond donors (Lipinski definition) is 2. The molecule has 0 fully saturated rings. The molecule has 150 valence electrons. The van der Waals surface area contributed by atoms with Crippen LogP contribution in [0.15, 0.2) is 0 Å². The van der Waals surface area contributed by atoms with Gasteiger partial charge in [0.25, 0.3) is 5.91 Å². The Labute approximate surface area is 162 Å². The van der Waals surface area contributed by atoms with Gasteiger partial charge in [0, 0.05) is 24.4 Å². The van der Waals surface area contributed by atoms with Crippen molar-refractivity contribution in [2.75, 3.05) is 27.2 Å². The fraction of sp³-hybridized carbons (Fsp3) is 0.647. The zero-order valence-electron chi connectivity index (χ0n) is 16.2. The molecule has 1 atom stereocenters. The van der Waals surface area contributed by atoms with Crippen LogP contribution in [0.4, 0.5) is 4.79 Å². The lowest BCUT2D eigenvalue weighted by molar-refractivity contribution is -0.142. The molecule has 0 aromatic carbocycles. The molecule has 2 heterocycles. The van der Waals surface area contributed by atoms with Crippen LogP contribution in [0.2, 0.25) is 0 Å². The van der Waals surface area contributed by atoms with Gasteiger partial charge in [0.05, 0.1) is 19.3 Å². The predicted molar refractivity (Wildman–Crippen MR) is 99.7 cm³/mol. The Hall–Kier alpha value is -2.20. The molecule has 10 heteroatoms. The normalized spacial score (nSPS) is 15.4. The number of carbonyl (C=O) groups excluding carboxylic acids is 3. The van der Waals surface area contributed by atoms with Gasteiger partial charge in [0.15, 0.2) is 5.01 Å². The number of nitrogens with one attached hydrogen (secondary N) is 2. The molecule has 0 spiro atoms. The third-order valence-corrected chi connectivity index (χ3v) is 4.84. The third kappa shape index (κ3) is 6.17. The summed E-state index contributed by atoms with van der Waals surface area (Å²) >= 11 is 1.31. The molecule has 0 aliphatic carbocycles. The van der Waals surface area contributed by atoms with Crippen molar-refractivity contribution in [2.45, 2.75) is 45.4 Å². The Kier molecular flexibility index (Phi) is 6.77. The highest BCUT2D eigenvalue weighted by atomic mass is 32.1. The molecule has 2 amide bonds. The van der Waals surface area contributed by atoms with Gasteiger partial charge in [-0.2, -0.15) is 0 Å². The molecular weight excluding hydrogens is 372 g/mol. The summed E-state index contributed by atoms with van der Waals surface area (Å²) in [5, 5.41) is 5.33. The topological polar surface area (TPSA) is 110 Å². The lowest BCUT2D eigenvalue weighted by Crippen LogP contribution is -2.49. The van der Waals surface area contributed by atoms with E-state index in [1.807, 2.05) is 7.05 Å². The molecule has 0 bridgehead atoms. The molecule has 0 radical (unpaired) electrons. The molecule has 2 N–H and O–H groups in total. The van der Waals surface area contributed by atoms with Crippen molar-refractivity contribution >= 4 is 29.3 Å². The van der Waals surface area contributed by atoms with Gasteiger partial charge in [-0.15, -0.1) is 11.3 Å². The van der Waals surface area contributed by atoms with Crippen LogP contribution < -0.4 is 10.6 Å². The quantitative estimate of drug-likeness (QED) is 0.710. The van der Waals surface area contributed by atoms with Crippen LogP contribution in [0, 0.1) is 0 Å². The van der Waals surface area contributed by atoms with Crippen molar-refractivity contribution in [1.82, 2.24) is 20.5 Å². The fourth-order valence-electron chi connectivity index (χ4n) is 2.48. The van der Waals surface area contributed by atoms with Crippen molar-refractivity contribution < 1.29 is 23.9 Å². The zero-order valence-corrected chi connectivity index (χ0v) is 17.1. The summed E-state index contributed by atoms with van der Waals surface area (Å²) in [4.78, 5) is 43.9. The first-order valence-corrected chi connectivity index (χ1v) is 9.43. The Morgan fingerprint density at radius 3 is 2.67 bits per heavy atom. The SMILES string of the molecule is COC(=O)C(CNC(=O)OC(C)(C)C)NC(=O)c1nc2c(s1)CN(C)CC2. The maximum absolute atomic E-state index is 12.5. The van der Waals surface area contributed by atoms with Crippen LogP contribution in [0.1, 0.15) is 41.1 Å². The van der Waals surface area contributed by atoms with Gasteiger partial charge in [0.1, 0.15) is 11.6 Å². The lowest BCUT2D eigenvalue weighted by atomic mass is 10.2. The van der Waals surface area contributed by atoms with E-state index in [0.717, 1.165) is 30.1 Å². The van der Waals surface area contributed by atoms with Crippen molar-refractivity contribution in [3.8, 4) is 0 Å². The van der Waals surface area contributed by atoms with E-state index in [9.17, 15) is 14.4 Å². The second-order valence-corrected chi connectivity index (χ2v) is 8.39. The molecule has 1 aromatic heterocycles. The number of methoxy groups -OCH3 is 1. The summed E-state index contributed by atoms with van der Waals surface area (Å²) in [7, 11) is 3.23. The Bertz CT molecular complexity index is 713. The Morgan fingerprint density at radius 1 is 1.33 bits per heavy atom. The third-order valence-electron chi connectivity index (χ3n) is 3.76. The summed E-state index contributed by atoms with van der Waals surface area (Å²) in [6.07, 6.45) is 0.106. The van der Waals surface area contributed by atoms with Crippen LogP contribution in [0.5, 0.6) is 0 Å². The standard InChI is InChI=1S/C17H26N4O5S/c1-17(2,3)26-16(24)18-8-11(15(23)25-5)19-13(22)14-20-10-6-7-21(4)9-12(10)27-14/h11H,6-9H2,1-5H3,(H,18,24)(H,19,22). The number of carbonyl (C=O) groups is 3. The average Bonchev–Trinajstić information content (AvgIpc) is 2.99. The van der Waals surface area contributed by atoms with Gasteiger partial charge in [-0.25, -0.2) is 14.6 Å². The maximum atomic E-state index is 12.5. The number of esters is 1. The molecule has 2 rings (SSSR count). The highest BCUT2D eigenvalue weighted by molar-refractivity contribution is 7.13. The van der Waals surface area contributed by atoms with Gasteiger partial charge >= 0.3 is 12.1 Å². The Balaban J connectivity index is 2.00. The number of alkyl carbamates (subject to hydrolysis) is 1. The summed E-state index contributed by atoms with van der Waals surface area (Å²) in [5.41, 5.74) is 0.256. The maximum Gasteiger partial charge on any atom is 0.407 e. The van der Waals surface area contributed by atoms with E-state index in [4.69, 9.17) is 9.47 Å². The summed E-state index contributed by atoms with van der Waals surface area (Å²) in [5.74, 6) is -1.14. The molecule has 1 unspecified atom stereocenters. The number of thiazole rings is 1. The van der Waals surface area contributed by atoms with Crippen LogP contribution in [-0.2, 0) is 27.2 Å². The van der Waals surface area contributed by atoms with Crippen molar-refractivity contribution in [2.24, 2.45) is 0 Å².